The summed E-state index contributed by atoms with van der Waals surface area (Å²) in [5.74, 6) is -1.21. The average molecular weight is 679 g/mol. The van der Waals surface area contributed by atoms with Crippen molar-refractivity contribution in [3.8, 4) is 17.2 Å². The number of ether oxygens (including phenoxy) is 1. The summed E-state index contributed by atoms with van der Waals surface area (Å²) in [5.41, 5.74) is 0.468. The number of aryl methyl sites for hydroxylation is 3. The molecule has 0 atom stereocenters. The lowest BCUT2D eigenvalue weighted by Crippen LogP contribution is -2.31. The summed E-state index contributed by atoms with van der Waals surface area (Å²) in [5, 5.41) is 8.88. The van der Waals surface area contributed by atoms with Gasteiger partial charge in [0.15, 0.2) is 17.3 Å². The molecule has 0 aliphatic carbocycles. The van der Waals surface area contributed by atoms with E-state index in [0.29, 0.717) is 75.3 Å². The van der Waals surface area contributed by atoms with Gasteiger partial charge in [0.1, 0.15) is 16.8 Å². The zero-order valence-electron chi connectivity index (χ0n) is 27.1. The largest absolute Gasteiger partial charge is 0.451 e. The van der Waals surface area contributed by atoms with Crippen LogP contribution in [0.4, 0.5) is 10.1 Å². The summed E-state index contributed by atoms with van der Waals surface area (Å²) in [6, 6.07) is 6.07. The summed E-state index contributed by atoms with van der Waals surface area (Å²) >= 11 is 0. The summed E-state index contributed by atoms with van der Waals surface area (Å²) in [4.78, 5) is 52.4. The number of nitrogens with one attached hydrogen (secondary N) is 3. The Morgan fingerprint density at radius 2 is 1.38 bits per heavy atom. The molecule has 14 nitrogen and oxygen atoms in total. The predicted molar refractivity (Wildman–Crippen MR) is 183 cm³/mol. The molecule has 0 fully saturated rings. The molecule has 0 radical (unpaired) electrons. The van der Waals surface area contributed by atoms with Gasteiger partial charge in [0, 0.05) is 88.2 Å². The van der Waals surface area contributed by atoms with Crippen molar-refractivity contribution in [2.24, 2.45) is 0 Å². The van der Waals surface area contributed by atoms with Crippen LogP contribution in [0, 0.1) is 5.82 Å². The maximum absolute atomic E-state index is 15.9. The predicted octanol–water partition coefficient (Wildman–Crippen LogP) is 3.97. The standard InChI is InChI=1S/C35H35FN10O4/c36-27-19-25-31-33(30(27)40-6-1-12-43-15-9-37-21-43)50-29-18-24(34(48)41-7-2-13-44-16-10-38-22-44)4-5-28(29)46(31)20-26(32(25)47)35(49)42-8-3-14-45-17-11-39-23-45/h4-5,9-11,15-23,40H,1-3,6-8,12-14H2,(H,41,48)(H,42,49). The molecule has 4 aromatic heterocycles. The maximum Gasteiger partial charge on any atom is 0.256 e. The number of benzene rings is 2. The highest BCUT2D eigenvalue weighted by Gasteiger charge is 2.29. The van der Waals surface area contributed by atoms with Crippen LogP contribution in [-0.2, 0) is 19.6 Å². The van der Waals surface area contributed by atoms with Crippen molar-refractivity contribution < 1.29 is 18.7 Å². The summed E-state index contributed by atoms with van der Waals surface area (Å²) in [6.45, 7) is 3.16. The van der Waals surface area contributed by atoms with Gasteiger partial charge in [-0.1, -0.05) is 0 Å². The number of carbonyl (C=O) groups excluding carboxylic acids is 2. The summed E-state index contributed by atoms with van der Waals surface area (Å²) < 4.78 is 29.6. The third kappa shape index (κ3) is 6.83. The number of hydrogen-bond donors (Lipinski definition) is 3. The van der Waals surface area contributed by atoms with Gasteiger partial charge in [-0.05, 0) is 43.5 Å². The molecule has 1 aliphatic rings. The van der Waals surface area contributed by atoms with Crippen LogP contribution in [0.1, 0.15) is 40.0 Å². The van der Waals surface area contributed by atoms with Gasteiger partial charge in [-0.15, -0.1) is 0 Å². The lowest BCUT2D eigenvalue weighted by atomic mass is 10.0. The van der Waals surface area contributed by atoms with Crippen LogP contribution in [-0.4, -0.2) is 64.7 Å². The van der Waals surface area contributed by atoms with Crippen molar-refractivity contribution in [3.05, 3.63) is 114 Å². The van der Waals surface area contributed by atoms with Gasteiger partial charge in [0.2, 0.25) is 5.43 Å². The van der Waals surface area contributed by atoms with Gasteiger partial charge >= 0.3 is 0 Å². The first kappa shape index (κ1) is 32.3. The molecule has 0 bridgehead atoms. The molecule has 5 heterocycles. The fraction of sp³-hybridized carbons (Fsp3) is 0.257. The van der Waals surface area contributed by atoms with Gasteiger partial charge in [0.25, 0.3) is 11.8 Å². The average Bonchev–Trinajstić information content (AvgIpc) is 3.94. The Morgan fingerprint density at radius 3 is 1.98 bits per heavy atom. The van der Waals surface area contributed by atoms with E-state index in [1.807, 2.05) is 32.3 Å². The van der Waals surface area contributed by atoms with E-state index in [9.17, 15) is 14.4 Å². The first-order valence-corrected chi connectivity index (χ1v) is 16.4. The van der Waals surface area contributed by atoms with Crippen LogP contribution in [0.15, 0.2) is 91.4 Å². The zero-order valence-corrected chi connectivity index (χ0v) is 27.1. The van der Waals surface area contributed by atoms with Gasteiger partial charge in [-0.3, -0.25) is 14.4 Å². The Hall–Kier alpha value is -6.25. The molecule has 256 valence electrons. The minimum Gasteiger partial charge on any atom is -0.451 e. The number of pyridine rings is 1. The van der Waals surface area contributed by atoms with Crippen molar-refractivity contribution >= 4 is 28.4 Å². The topological polar surface area (TPSA) is 155 Å². The second-order valence-corrected chi connectivity index (χ2v) is 11.9. The normalized spacial score (nSPS) is 11.6. The number of hydrogen-bond acceptors (Lipinski definition) is 8. The van der Waals surface area contributed by atoms with Crippen molar-refractivity contribution in [1.29, 1.82) is 0 Å². The number of halogens is 1. The number of amides is 2. The minimum absolute atomic E-state index is 0.00195. The van der Waals surface area contributed by atoms with Crippen molar-refractivity contribution in [3.63, 3.8) is 0 Å². The lowest BCUT2D eigenvalue weighted by molar-refractivity contribution is 0.0944. The second-order valence-electron chi connectivity index (χ2n) is 11.9. The molecular formula is C35H35FN10O4. The van der Waals surface area contributed by atoms with Crippen LogP contribution in [0.5, 0.6) is 11.5 Å². The molecule has 6 aromatic rings. The van der Waals surface area contributed by atoms with E-state index in [4.69, 9.17) is 4.74 Å². The maximum atomic E-state index is 15.9. The van der Waals surface area contributed by atoms with Crippen LogP contribution >= 0.6 is 0 Å². The van der Waals surface area contributed by atoms with Gasteiger partial charge < -0.3 is 39.0 Å². The van der Waals surface area contributed by atoms with E-state index in [1.165, 1.54) is 6.20 Å². The summed E-state index contributed by atoms with van der Waals surface area (Å²) in [7, 11) is 0. The molecule has 15 heteroatoms. The molecule has 0 spiro atoms. The van der Waals surface area contributed by atoms with Gasteiger partial charge in [-0.2, -0.15) is 0 Å². The number of aromatic nitrogens is 7. The number of carbonyl (C=O) groups is 2. The molecular weight excluding hydrogens is 643 g/mol. The Labute approximate surface area is 285 Å². The van der Waals surface area contributed by atoms with E-state index in [0.717, 1.165) is 6.07 Å². The molecule has 2 amide bonds. The first-order valence-electron chi connectivity index (χ1n) is 16.4. The SMILES string of the molecule is O=C(NCCCn1ccnc1)c1ccc2c(c1)Oc1c(NCCCn3ccnc3)c(F)cc3c(=O)c(C(=O)NCCCn4ccnc4)cn-2c13. The number of fused-ring (bicyclic) bond motifs is 2. The molecule has 1 aliphatic heterocycles. The Kier molecular flexibility index (Phi) is 9.35. The molecule has 0 saturated carbocycles. The molecule has 0 saturated heterocycles. The fourth-order valence-electron chi connectivity index (χ4n) is 5.94. The van der Waals surface area contributed by atoms with Gasteiger partial charge in [0.05, 0.1) is 30.1 Å². The Balaban J connectivity index is 1.17. The van der Waals surface area contributed by atoms with Crippen molar-refractivity contribution in [2.45, 2.75) is 38.9 Å². The van der Waals surface area contributed by atoms with Crippen molar-refractivity contribution in [2.75, 3.05) is 25.0 Å². The highest BCUT2D eigenvalue weighted by atomic mass is 19.1. The molecule has 2 aromatic carbocycles. The van der Waals surface area contributed by atoms with Crippen LogP contribution in [0.3, 0.4) is 0 Å². The first-order chi connectivity index (χ1) is 24.5. The Bertz CT molecular complexity index is 2180. The van der Waals surface area contributed by atoms with Crippen molar-refractivity contribution in [1.82, 2.24) is 43.9 Å². The quantitative estimate of drug-likeness (QED) is 0.138. The zero-order chi connectivity index (χ0) is 34.5. The van der Waals surface area contributed by atoms with E-state index in [-0.39, 0.29) is 34.0 Å². The van der Waals surface area contributed by atoms with Crippen LogP contribution in [0.2, 0.25) is 0 Å². The molecule has 7 rings (SSSR count). The van der Waals surface area contributed by atoms with Gasteiger partial charge in [-0.25, -0.2) is 19.3 Å². The van der Waals surface area contributed by atoms with Crippen LogP contribution in [0.25, 0.3) is 16.6 Å². The number of imidazole rings is 3. The highest BCUT2D eigenvalue weighted by Crippen LogP contribution is 2.45. The summed E-state index contributed by atoms with van der Waals surface area (Å²) in [6.07, 6.45) is 19.2. The van der Waals surface area contributed by atoms with E-state index >= 15 is 4.39 Å². The molecule has 0 unspecified atom stereocenters. The monoisotopic (exact) mass is 678 g/mol. The van der Waals surface area contributed by atoms with E-state index in [2.05, 4.69) is 30.9 Å². The fourth-order valence-corrected chi connectivity index (χ4v) is 5.94. The second kappa shape index (κ2) is 14.5. The van der Waals surface area contributed by atoms with Crippen LogP contribution < -0.4 is 26.1 Å². The number of rotatable bonds is 15. The smallest absolute Gasteiger partial charge is 0.256 e. The number of anilines is 1. The van der Waals surface area contributed by atoms with E-state index in [1.54, 1.807) is 60.3 Å². The molecule has 50 heavy (non-hydrogen) atoms. The highest BCUT2D eigenvalue weighted by molar-refractivity contribution is 6.01. The third-order valence-electron chi connectivity index (χ3n) is 8.46. The lowest BCUT2D eigenvalue weighted by Gasteiger charge is -2.26. The third-order valence-corrected chi connectivity index (χ3v) is 8.46. The minimum atomic E-state index is -0.702. The Morgan fingerprint density at radius 1 is 0.780 bits per heavy atom. The molecule has 3 N–H and O–H groups in total. The number of nitrogens with zero attached hydrogens (tertiary/aromatic N) is 7. The van der Waals surface area contributed by atoms with E-state index < -0.39 is 17.2 Å².